The minimum Gasteiger partial charge on any atom is -0.0928 e. The van der Waals surface area contributed by atoms with Crippen LogP contribution in [0.25, 0.3) is 0 Å². The molecule has 0 unspecified atom stereocenters. The summed E-state index contributed by atoms with van der Waals surface area (Å²) < 4.78 is 0. The van der Waals surface area contributed by atoms with Gasteiger partial charge in [0.2, 0.25) is 0 Å². The molecule has 0 heterocycles. The highest BCUT2D eigenvalue weighted by Crippen LogP contribution is 2.09. The molecule has 0 N–H and O–H groups in total. The van der Waals surface area contributed by atoms with Crippen molar-refractivity contribution in [1.29, 1.82) is 0 Å². The summed E-state index contributed by atoms with van der Waals surface area (Å²) in [5.41, 5.74) is 0. The van der Waals surface area contributed by atoms with E-state index in [0.29, 0.717) is 0 Å². The van der Waals surface area contributed by atoms with Gasteiger partial charge in [0.05, 0.1) is 0 Å². The minimum absolute atomic E-state index is 1.17. The van der Waals surface area contributed by atoms with Crippen molar-refractivity contribution >= 4 is 15.9 Å². The summed E-state index contributed by atoms with van der Waals surface area (Å²) >= 11 is 3.48. The van der Waals surface area contributed by atoms with Crippen LogP contribution in [-0.4, -0.2) is 5.33 Å². The highest BCUT2D eigenvalue weighted by atomic mass is 79.9. The second kappa shape index (κ2) is 17.2. The molecule has 0 saturated heterocycles. The van der Waals surface area contributed by atoms with Crippen molar-refractivity contribution in [2.75, 3.05) is 5.33 Å². The van der Waals surface area contributed by atoms with Crippen molar-refractivity contribution in [2.45, 2.75) is 90.4 Å². The van der Waals surface area contributed by atoms with E-state index >= 15 is 0 Å². The van der Waals surface area contributed by atoms with Gasteiger partial charge in [0.15, 0.2) is 0 Å². The fourth-order valence-corrected chi connectivity index (χ4v) is 2.56. The largest absolute Gasteiger partial charge is 0.0928 e. The molecule has 0 aliphatic heterocycles. The Morgan fingerprint density at radius 2 is 1.06 bits per heavy atom. The maximum absolute atomic E-state index is 3.48. The first kappa shape index (κ1) is 18.2. The van der Waals surface area contributed by atoms with Gasteiger partial charge >= 0.3 is 0 Å². The summed E-state index contributed by atoms with van der Waals surface area (Å²) in [5, 5.41) is 1.17. The van der Waals surface area contributed by atoms with E-state index in [9.17, 15) is 0 Å². The van der Waals surface area contributed by atoms with E-state index in [-0.39, 0.29) is 0 Å². The number of halogens is 1. The Balaban J connectivity index is 3.00. The van der Waals surface area contributed by atoms with Crippen molar-refractivity contribution in [1.82, 2.24) is 0 Å². The fourth-order valence-electron chi connectivity index (χ4n) is 2.17. The van der Waals surface area contributed by atoms with Crippen LogP contribution in [-0.2, 0) is 0 Å². The molecule has 0 aromatic carbocycles. The molecular weight excluding hydrogens is 284 g/mol. The van der Waals surface area contributed by atoms with Gasteiger partial charge in [-0.2, -0.15) is 0 Å². The first-order chi connectivity index (χ1) is 8.91. The van der Waals surface area contributed by atoms with Crippen LogP contribution in [0.15, 0.2) is 12.2 Å². The van der Waals surface area contributed by atoms with Gasteiger partial charge in [0.1, 0.15) is 0 Å². The summed E-state index contributed by atoms with van der Waals surface area (Å²) in [6.45, 7) is 2.28. The normalized spacial score (nSPS) is 11.4. The SMILES string of the molecule is CCCCCCCC/C=C/CCCCCCCBr. The minimum atomic E-state index is 1.17. The van der Waals surface area contributed by atoms with Gasteiger partial charge in [0, 0.05) is 5.33 Å². The number of allylic oxidation sites excluding steroid dienone is 2. The Labute approximate surface area is 124 Å². The molecule has 1 heteroatoms. The van der Waals surface area contributed by atoms with Crippen LogP contribution in [0.5, 0.6) is 0 Å². The Kier molecular flexibility index (Phi) is 17.4. The highest BCUT2D eigenvalue weighted by Gasteiger charge is 1.89. The molecule has 18 heavy (non-hydrogen) atoms. The van der Waals surface area contributed by atoms with E-state index in [1.165, 1.54) is 88.8 Å². The molecule has 0 fully saturated rings. The molecule has 0 amide bonds. The molecule has 0 rings (SSSR count). The average Bonchev–Trinajstić information content (AvgIpc) is 2.39. The van der Waals surface area contributed by atoms with Gasteiger partial charge in [-0.1, -0.05) is 86.4 Å². The first-order valence-electron chi connectivity index (χ1n) is 8.12. The molecular formula is C17H33Br. The molecule has 0 nitrogen and oxygen atoms in total. The molecule has 0 aromatic rings. The van der Waals surface area contributed by atoms with E-state index in [1.807, 2.05) is 0 Å². The number of alkyl halides is 1. The summed E-state index contributed by atoms with van der Waals surface area (Å²) in [5.74, 6) is 0. The molecule has 0 aromatic heterocycles. The summed E-state index contributed by atoms with van der Waals surface area (Å²) in [7, 11) is 0. The van der Waals surface area contributed by atoms with Gasteiger partial charge in [-0.05, 0) is 32.1 Å². The number of hydrogen-bond donors (Lipinski definition) is 0. The lowest BCUT2D eigenvalue weighted by molar-refractivity contribution is 0.610. The van der Waals surface area contributed by atoms with Crippen molar-refractivity contribution in [3.63, 3.8) is 0 Å². The standard InChI is InChI=1S/C17H33Br/c1-2-3-4-5-6-7-8-9-10-11-12-13-14-15-16-17-18/h9-10H,2-8,11-17H2,1H3/b10-9+. The second-order valence-electron chi connectivity index (χ2n) is 5.27. The van der Waals surface area contributed by atoms with Crippen molar-refractivity contribution in [3.8, 4) is 0 Å². The van der Waals surface area contributed by atoms with Crippen LogP contribution in [0.2, 0.25) is 0 Å². The van der Waals surface area contributed by atoms with Crippen LogP contribution in [0, 0.1) is 0 Å². The molecule has 0 aliphatic rings. The third-order valence-electron chi connectivity index (χ3n) is 3.40. The van der Waals surface area contributed by atoms with Crippen LogP contribution < -0.4 is 0 Å². The second-order valence-corrected chi connectivity index (χ2v) is 6.07. The highest BCUT2D eigenvalue weighted by molar-refractivity contribution is 9.09. The smallest absolute Gasteiger partial charge is 0.00313 e. The summed E-state index contributed by atoms with van der Waals surface area (Å²) in [6, 6.07) is 0. The van der Waals surface area contributed by atoms with Gasteiger partial charge < -0.3 is 0 Å². The van der Waals surface area contributed by atoms with Gasteiger partial charge in [-0.15, -0.1) is 0 Å². The third kappa shape index (κ3) is 16.2. The predicted octanol–water partition coefficient (Wildman–Crippen LogP) is 7.03. The van der Waals surface area contributed by atoms with E-state index < -0.39 is 0 Å². The lowest BCUT2D eigenvalue weighted by Gasteiger charge is -1.98. The maximum Gasteiger partial charge on any atom is 0.00313 e. The van der Waals surface area contributed by atoms with Crippen LogP contribution >= 0.6 is 15.9 Å². The zero-order chi connectivity index (χ0) is 13.3. The Morgan fingerprint density at radius 3 is 1.56 bits per heavy atom. The van der Waals surface area contributed by atoms with Crippen molar-refractivity contribution < 1.29 is 0 Å². The molecule has 0 radical (unpaired) electrons. The molecule has 0 bridgehead atoms. The summed E-state index contributed by atoms with van der Waals surface area (Å²) in [6.07, 6.45) is 22.8. The molecule has 0 atom stereocenters. The number of rotatable bonds is 14. The lowest BCUT2D eigenvalue weighted by Crippen LogP contribution is -1.79. The first-order valence-corrected chi connectivity index (χ1v) is 9.25. The third-order valence-corrected chi connectivity index (χ3v) is 3.96. The van der Waals surface area contributed by atoms with Crippen molar-refractivity contribution in [3.05, 3.63) is 12.2 Å². The Morgan fingerprint density at radius 1 is 0.611 bits per heavy atom. The van der Waals surface area contributed by atoms with Crippen molar-refractivity contribution in [2.24, 2.45) is 0 Å². The maximum atomic E-state index is 3.48. The van der Waals surface area contributed by atoms with Gasteiger partial charge in [-0.25, -0.2) is 0 Å². The molecule has 0 aliphatic carbocycles. The zero-order valence-corrected chi connectivity index (χ0v) is 14.0. The average molecular weight is 317 g/mol. The fraction of sp³-hybridized carbons (Fsp3) is 0.882. The number of unbranched alkanes of at least 4 members (excludes halogenated alkanes) is 11. The summed E-state index contributed by atoms with van der Waals surface area (Å²) in [4.78, 5) is 0. The number of hydrogen-bond acceptors (Lipinski definition) is 0. The Hall–Kier alpha value is 0.220. The molecule has 0 saturated carbocycles. The lowest BCUT2D eigenvalue weighted by atomic mass is 10.1. The van der Waals surface area contributed by atoms with Crippen LogP contribution in [0.3, 0.4) is 0 Å². The quantitative estimate of drug-likeness (QED) is 0.183. The molecule has 0 spiro atoms. The predicted molar refractivity (Wildman–Crippen MR) is 88.6 cm³/mol. The monoisotopic (exact) mass is 316 g/mol. The van der Waals surface area contributed by atoms with E-state index in [1.54, 1.807) is 0 Å². The van der Waals surface area contributed by atoms with Crippen LogP contribution in [0.1, 0.15) is 90.4 Å². The zero-order valence-electron chi connectivity index (χ0n) is 12.4. The van der Waals surface area contributed by atoms with Crippen LogP contribution in [0.4, 0.5) is 0 Å². The van der Waals surface area contributed by atoms with Gasteiger partial charge in [-0.3, -0.25) is 0 Å². The van der Waals surface area contributed by atoms with E-state index in [4.69, 9.17) is 0 Å². The molecule has 108 valence electrons. The van der Waals surface area contributed by atoms with E-state index in [2.05, 4.69) is 35.0 Å². The van der Waals surface area contributed by atoms with Gasteiger partial charge in [0.25, 0.3) is 0 Å². The van der Waals surface area contributed by atoms with E-state index in [0.717, 1.165) is 0 Å². The Bertz CT molecular complexity index is 145. The topological polar surface area (TPSA) is 0 Å².